The number of carbonyl (C=O) groups is 2. The number of hydrogen-bond acceptors (Lipinski definition) is 4. The van der Waals surface area contributed by atoms with Crippen LogP contribution >= 0.6 is 0 Å². The maximum Gasteiger partial charge on any atom is 0.410 e. The van der Waals surface area contributed by atoms with Crippen LogP contribution in [0.3, 0.4) is 0 Å². The Labute approximate surface area is 95.7 Å². The molecule has 0 bridgehead atoms. The zero-order valence-electron chi connectivity index (χ0n) is 10.3. The van der Waals surface area contributed by atoms with Crippen LogP contribution in [0.4, 0.5) is 4.79 Å². The van der Waals surface area contributed by atoms with E-state index < -0.39 is 18.2 Å². The van der Waals surface area contributed by atoms with Crippen molar-refractivity contribution in [3.05, 3.63) is 0 Å². The van der Waals surface area contributed by atoms with Crippen LogP contribution in [0.1, 0.15) is 27.2 Å². The Morgan fingerprint density at radius 2 is 2.19 bits per heavy atom. The van der Waals surface area contributed by atoms with Gasteiger partial charge in [0.2, 0.25) is 6.10 Å². The lowest BCUT2D eigenvalue weighted by molar-refractivity contribution is -0.145. The van der Waals surface area contributed by atoms with E-state index in [4.69, 9.17) is 9.47 Å². The molecule has 1 aliphatic rings. The highest BCUT2D eigenvalue weighted by atomic mass is 16.6. The predicted molar refractivity (Wildman–Crippen MR) is 57.9 cm³/mol. The number of cyclic esters (lactones) is 1. The molecule has 16 heavy (non-hydrogen) atoms. The van der Waals surface area contributed by atoms with Gasteiger partial charge in [0, 0.05) is 20.0 Å². The molecule has 0 aromatic rings. The van der Waals surface area contributed by atoms with Gasteiger partial charge in [-0.25, -0.2) is 9.59 Å². The van der Waals surface area contributed by atoms with Crippen LogP contribution in [0.25, 0.3) is 0 Å². The van der Waals surface area contributed by atoms with Gasteiger partial charge in [0.25, 0.3) is 0 Å². The molecular weight excluding hydrogens is 210 g/mol. The number of carbonyl (C=O) groups excluding carboxylic acids is 2. The minimum atomic E-state index is -0.727. The van der Waals surface area contributed by atoms with Crippen LogP contribution in [0, 0.1) is 5.41 Å². The van der Waals surface area contributed by atoms with Crippen LogP contribution in [-0.2, 0) is 14.3 Å². The normalized spacial score (nSPS) is 20.5. The molecule has 1 atom stereocenters. The molecular formula is C11H19NO4. The molecule has 1 saturated heterocycles. The molecule has 1 fully saturated rings. The Balaban J connectivity index is 2.42. The van der Waals surface area contributed by atoms with Crippen molar-refractivity contribution in [1.29, 1.82) is 0 Å². The Kier molecular flexibility index (Phi) is 3.78. The number of esters is 1. The summed E-state index contributed by atoms with van der Waals surface area (Å²) in [6.07, 6.45) is -0.748. The summed E-state index contributed by atoms with van der Waals surface area (Å²) < 4.78 is 9.76. The molecule has 0 aromatic carbocycles. The third-order valence-electron chi connectivity index (χ3n) is 2.15. The molecule has 0 radical (unpaired) electrons. The average Bonchev–Trinajstić information content (AvgIpc) is 2.49. The van der Waals surface area contributed by atoms with Crippen molar-refractivity contribution in [2.45, 2.75) is 33.3 Å². The summed E-state index contributed by atoms with van der Waals surface area (Å²) in [5.74, 6) is -0.447. The zero-order valence-corrected chi connectivity index (χ0v) is 10.3. The first kappa shape index (κ1) is 12.8. The first-order chi connectivity index (χ1) is 7.29. The molecule has 1 heterocycles. The van der Waals surface area contributed by atoms with Crippen molar-refractivity contribution in [2.75, 3.05) is 20.2 Å². The lowest BCUT2D eigenvalue weighted by atomic mass is 9.96. The average molecular weight is 229 g/mol. The lowest BCUT2D eigenvalue weighted by Gasteiger charge is -2.26. The maximum absolute atomic E-state index is 11.6. The van der Waals surface area contributed by atoms with E-state index in [9.17, 15) is 9.59 Å². The van der Waals surface area contributed by atoms with Gasteiger partial charge in [0.05, 0.1) is 6.61 Å². The highest BCUT2D eigenvalue weighted by molar-refractivity contribution is 5.80. The molecule has 0 N–H and O–H groups in total. The van der Waals surface area contributed by atoms with Gasteiger partial charge in [-0.1, -0.05) is 20.8 Å². The first-order valence-electron chi connectivity index (χ1n) is 5.38. The largest absolute Gasteiger partial charge is 0.463 e. The van der Waals surface area contributed by atoms with Crippen molar-refractivity contribution in [2.24, 2.45) is 5.41 Å². The van der Waals surface area contributed by atoms with E-state index in [1.165, 1.54) is 4.90 Å². The van der Waals surface area contributed by atoms with Crippen LogP contribution in [0.2, 0.25) is 0 Å². The molecule has 92 valence electrons. The number of amides is 1. The third-order valence-corrected chi connectivity index (χ3v) is 2.15. The topological polar surface area (TPSA) is 55.8 Å². The molecule has 1 aliphatic heterocycles. The summed E-state index contributed by atoms with van der Waals surface area (Å²) in [5.41, 5.74) is 0.00392. The Morgan fingerprint density at radius 3 is 2.62 bits per heavy atom. The number of rotatable bonds is 2. The van der Waals surface area contributed by atoms with Gasteiger partial charge in [0.1, 0.15) is 0 Å². The van der Waals surface area contributed by atoms with E-state index in [2.05, 4.69) is 0 Å². The fourth-order valence-electron chi connectivity index (χ4n) is 1.57. The molecule has 5 nitrogen and oxygen atoms in total. The SMILES string of the molecule is CN(CC(C)(C)C)C(=O)OC1CCOC1=O. The second-order valence-electron chi connectivity index (χ2n) is 5.25. The van der Waals surface area contributed by atoms with Crippen LogP contribution < -0.4 is 0 Å². The highest BCUT2D eigenvalue weighted by Crippen LogP contribution is 2.16. The van der Waals surface area contributed by atoms with Gasteiger partial charge in [-0.2, -0.15) is 0 Å². The molecule has 0 spiro atoms. The Morgan fingerprint density at radius 1 is 1.56 bits per heavy atom. The first-order valence-corrected chi connectivity index (χ1v) is 5.38. The summed E-state index contributed by atoms with van der Waals surface area (Å²) in [4.78, 5) is 24.2. The smallest absolute Gasteiger partial charge is 0.410 e. The second kappa shape index (κ2) is 4.72. The number of ether oxygens (including phenoxy) is 2. The van der Waals surface area contributed by atoms with E-state index in [-0.39, 0.29) is 5.41 Å². The Hall–Kier alpha value is -1.26. The molecule has 1 amide bonds. The molecule has 1 rings (SSSR count). The van der Waals surface area contributed by atoms with Crippen LogP contribution in [0.5, 0.6) is 0 Å². The van der Waals surface area contributed by atoms with Crippen LogP contribution in [-0.4, -0.2) is 43.3 Å². The van der Waals surface area contributed by atoms with Gasteiger partial charge >= 0.3 is 12.1 Å². The van der Waals surface area contributed by atoms with E-state index >= 15 is 0 Å². The van der Waals surface area contributed by atoms with E-state index in [1.54, 1.807) is 7.05 Å². The quantitative estimate of drug-likeness (QED) is 0.672. The van der Waals surface area contributed by atoms with Crippen molar-refractivity contribution in [1.82, 2.24) is 4.90 Å². The molecule has 1 unspecified atom stereocenters. The summed E-state index contributed by atoms with van der Waals surface area (Å²) >= 11 is 0. The van der Waals surface area contributed by atoms with E-state index in [1.807, 2.05) is 20.8 Å². The zero-order chi connectivity index (χ0) is 12.3. The van der Waals surface area contributed by atoms with Crippen LogP contribution in [0.15, 0.2) is 0 Å². The standard InChI is InChI=1S/C11H19NO4/c1-11(2,3)7-12(4)10(14)16-8-5-6-15-9(8)13/h8H,5-7H2,1-4H3. The van der Waals surface area contributed by atoms with Crippen molar-refractivity contribution < 1.29 is 19.1 Å². The van der Waals surface area contributed by atoms with Gasteiger partial charge < -0.3 is 14.4 Å². The van der Waals surface area contributed by atoms with Gasteiger partial charge in [-0.15, -0.1) is 0 Å². The van der Waals surface area contributed by atoms with E-state index in [0.717, 1.165) is 0 Å². The fraction of sp³-hybridized carbons (Fsp3) is 0.818. The maximum atomic E-state index is 11.6. The molecule has 0 saturated carbocycles. The van der Waals surface area contributed by atoms with Crippen molar-refractivity contribution in [3.8, 4) is 0 Å². The summed E-state index contributed by atoms with van der Waals surface area (Å²) in [7, 11) is 1.66. The van der Waals surface area contributed by atoms with E-state index in [0.29, 0.717) is 19.6 Å². The van der Waals surface area contributed by atoms with Crippen molar-refractivity contribution in [3.63, 3.8) is 0 Å². The second-order valence-corrected chi connectivity index (χ2v) is 5.25. The number of nitrogens with zero attached hydrogens (tertiary/aromatic N) is 1. The summed E-state index contributed by atoms with van der Waals surface area (Å²) in [5, 5.41) is 0. The molecule has 0 aromatic heterocycles. The minimum Gasteiger partial charge on any atom is -0.463 e. The summed E-state index contributed by atoms with van der Waals surface area (Å²) in [6.45, 7) is 7.00. The predicted octanol–water partition coefficient (Wildman–Crippen LogP) is 1.42. The van der Waals surface area contributed by atoms with Crippen molar-refractivity contribution >= 4 is 12.1 Å². The lowest BCUT2D eigenvalue weighted by Crippen LogP contribution is -2.37. The number of hydrogen-bond donors (Lipinski definition) is 0. The molecule has 0 aliphatic carbocycles. The molecule has 5 heteroatoms. The minimum absolute atomic E-state index is 0.00392. The highest BCUT2D eigenvalue weighted by Gasteiger charge is 2.31. The van der Waals surface area contributed by atoms with Gasteiger partial charge in [-0.05, 0) is 5.41 Å². The van der Waals surface area contributed by atoms with Gasteiger partial charge in [0.15, 0.2) is 0 Å². The third kappa shape index (κ3) is 3.72. The summed E-state index contributed by atoms with van der Waals surface area (Å²) in [6, 6.07) is 0. The monoisotopic (exact) mass is 229 g/mol. The fourth-order valence-corrected chi connectivity index (χ4v) is 1.57. The van der Waals surface area contributed by atoms with Gasteiger partial charge in [-0.3, -0.25) is 0 Å². The Bertz CT molecular complexity index is 282.